The first-order valence-corrected chi connectivity index (χ1v) is 3.16. The van der Waals surface area contributed by atoms with E-state index >= 15 is 0 Å². The van der Waals surface area contributed by atoms with Crippen LogP contribution in [0.25, 0.3) is 0 Å². The number of hydrogen-bond donors (Lipinski definition) is 0. The van der Waals surface area contributed by atoms with Crippen molar-refractivity contribution in [1.82, 2.24) is 10.5 Å². The van der Waals surface area contributed by atoms with Crippen LogP contribution in [-0.4, -0.2) is 30.1 Å². The third-order valence-corrected chi connectivity index (χ3v) is 0.978. The molecular weight excluding hydrogens is 145 g/mol. The van der Waals surface area contributed by atoms with Gasteiger partial charge in [-0.25, -0.2) is 0 Å². The van der Waals surface area contributed by atoms with Crippen LogP contribution in [0.15, 0.2) is 0 Å². The van der Waals surface area contributed by atoms with Crippen molar-refractivity contribution in [2.24, 2.45) is 0 Å². The quantitative estimate of drug-likeness (QED) is 0.558. The van der Waals surface area contributed by atoms with Gasteiger partial charge in [-0.15, -0.1) is 18.6 Å². The van der Waals surface area contributed by atoms with Crippen molar-refractivity contribution in [2.75, 3.05) is 19.6 Å². The Balaban J connectivity index is 3.12. The molecule has 0 aromatic heterocycles. The molecule has 0 radical (unpaired) electrons. The van der Waals surface area contributed by atoms with Crippen molar-refractivity contribution in [3.8, 4) is 0 Å². The Labute approximate surface area is 58.0 Å². The number of hydrogen-bond acceptors (Lipinski definition) is 2. The van der Waals surface area contributed by atoms with Crippen molar-refractivity contribution in [2.45, 2.75) is 13.3 Å². The minimum absolute atomic E-state index is 0.216. The van der Waals surface area contributed by atoms with E-state index in [0.717, 1.165) is 0 Å². The second kappa shape index (κ2) is 5.49. The summed E-state index contributed by atoms with van der Waals surface area (Å²) in [5.41, 5.74) is 0. The van der Waals surface area contributed by atoms with Gasteiger partial charge in [0.05, 0.1) is 6.54 Å². The van der Waals surface area contributed by atoms with E-state index in [2.05, 4.69) is 0 Å². The highest BCUT2D eigenvalue weighted by atomic mass is 19.4. The van der Waals surface area contributed by atoms with Crippen LogP contribution < -0.4 is 0 Å². The molecule has 0 aromatic carbocycles. The van der Waals surface area contributed by atoms with Crippen molar-refractivity contribution in [1.29, 1.82) is 0 Å². The molecule has 0 N–H and O–H groups in total. The van der Waals surface area contributed by atoms with Gasteiger partial charge in [0.25, 0.3) is 0 Å². The summed E-state index contributed by atoms with van der Waals surface area (Å²) in [6.45, 7) is 1.22. The van der Waals surface area contributed by atoms with Crippen LogP contribution in [0.1, 0.15) is 13.3 Å². The van der Waals surface area contributed by atoms with E-state index in [4.69, 9.17) is 0 Å². The van der Waals surface area contributed by atoms with E-state index in [0.29, 0.717) is 11.5 Å². The molecule has 0 rings (SSSR count). The molecule has 0 amide bonds. The zero-order chi connectivity index (χ0) is 7.98. The van der Waals surface area contributed by atoms with Gasteiger partial charge in [0.2, 0.25) is 0 Å². The zero-order valence-corrected chi connectivity index (χ0v) is 5.86. The van der Waals surface area contributed by atoms with Gasteiger partial charge in [-0.05, 0) is 6.42 Å². The van der Waals surface area contributed by atoms with Crippen LogP contribution in [0.5, 0.6) is 0 Å². The lowest BCUT2D eigenvalue weighted by Crippen LogP contribution is -2.22. The van der Waals surface area contributed by atoms with Gasteiger partial charge in [0.15, 0.2) is 0 Å². The lowest BCUT2D eigenvalue weighted by molar-refractivity contribution is -0.163. The molecule has 0 saturated carbocycles. The molecular formula is C5H11F3N2. The molecule has 62 valence electrons. The van der Waals surface area contributed by atoms with Crippen LogP contribution in [0.3, 0.4) is 0 Å². The second-order valence-electron chi connectivity index (χ2n) is 1.94. The summed E-state index contributed by atoms with van der Waals surface area (Å²) in [7, 11) is 0. The van der Waals surface area contributed by atoms with Gasteiger partial charge in [-0.1, -0.05) is 6.92 Å². The first kappa shape index (κ1) is 9.71. The molecule has 0 saturated heterocycles. The molecule has 0 heterocycles. The SMILES string of the molecule is CCCN(F)CCN(F)F. The minimum Gasteiger partial charge on any atom is -0.145 e. The number of nitrogens with zero attached hydrogens (tertiary/aromatic N) is 2. The highest BCUT2D eigenvalue weighted by Gasteiger charge is 2.04. The first-order valence-electron chi connectivity index (χ1n) is 3.16. The maximum atomic E-state index is 12.2. The Morgan fingerprint density at radius 1 is 1.00 bits per heavy atom. The number of halogens is 3. The Hall–Kier alpha value is -0.290. The van der Waals surface area contributed by atoms with Gasteiger partial charge >= 0.3 is 0 Å². The monoisotopic (exact) mass is 156 g/mol. The molecule has 0 unspecified atom stereocenters. The van der Waals surface area contributed by atoms with Crippen LogP contribution in [0.2, 0.25) is 0 Å². The van der Waals surface area contributed by atoms with Gasteiger partial charge in [0.1, 0.15) is 0 Å². The Morgan fingerprint density at radius 2 is 1.60 bits per heavy atom. The van der Waals surface area contributed by atoms with Crippen molar-refractivity contribution < 1.29 is 13.4 Å². The molecule has 0 atom stereocenters. The third kappa shape index (κ3) is 5.84. The zero-order valence-electron chi connectivity index (χ0n) is 5.86. The lowest BCUT2D eigenvalue weighted by atomic mass is 10.5. The predicted molar refractivity (Wildman–Crippen MR) is 31.9 cm³/mol. The van der Waals surface area contributed by atoms with Crippen LogP contribution in [-0.2, 0) is 0 Å². The van der Waals surface area contributed by atoms with E-state index in [9.17, 15) is 13.4 Å². The smallest absolute Gasteiger partial charge is 0.0773 e. The summed E-state index contributed by atoms with van der Waals surface area (Å²) in [5.74, 6) is 0. The van der Waals surface area contributed by atoms with Crippen LogP contribution >= 0.6 is 0 Å². The van der Waals surface area contributed by atoms with E-state index in [1.165, 1.54) is 0 Å². The molecule has 2 nitrogen and oxygen atoms in total. The fourth-order valence-electron chi connectivity index (χ4n) is 0.539. The molecule has 0 bridgehead atoms. The molecule has 0 aliphatic heterocycles. The molecule has 0 aliphatic carbocycles. The van der Waals surface area contributed by atoms with E-state index in [1.54, 1.807) is 6.92 Å². The summed E-state index contributed by atoms with van der Waals surface area (Å²) in [5, 5.41) is -0.644. The highest BCUT2D eigenvalue weighted by molar-refractivity contribution is 4.43. The average molecular weight is 156 g/mol. The van der Waals surface area contributed by atoms with Gasteiger partial charge in [-0.2, -0.15) is 0 Å². The van der Waals surface area contributed by atoms with Crippen LogP contribution in [0, 0.1) is 0 Å². The van der Waals surface area contributed by atoms with Crippen molar-refractivity contribution >= 4 is 0 Å². The van der Waals surface area contributed by atoms with Crippen molar-refractivity contribution in [3.05, 3.63) is 0 Å². The van der Waals surface area contributed by atoms with Crippen molar-refractivity contribution in [3.63, 3.8) is 0 Å². The standard InChI is InChI=1S/C5H11F3N2/c1-2-3-9(6)4-5-10(7)8/h2-5H2,1H3. The van der Waals surface area contributed by atoms with Crippen LogP contribution in [0.4, 0.5) is 13.4 Å². The predicted octanol–water partition coefficient (Wildman–Crippen LogP) is 1.65. The summed E-state index contributed by atoms with van der Waals surface area (Å²) in [6, 6.07) is 0. The molecule has 0 fully saturated rings. The lowest BCUT2D eigenvalue weighted by Gasteiger charge is -2.09. The summed E-state index contributed by atoms with van der Waals surface area (Å²) >= 11 is 0. The molecule has 5 heteroatoms. The fraction of sp³-hybridized carbons (Fsp3) is 1.00. The Bertz CT molecular complexity index is 79.3. The van der Waals surface area contributed by atoms with Gasteiger partial charge in [0, 0.05) is 18.4 Å². The molecule has 0 aromatic rings. The maximum absolute atomic E-state index is 12.2. The largest absolute Gasteiger partial charge is 0.145 e. The van der Waals surface area contributed by atoms with Gasteiger partial charge in [-0.3, -0.25) is 0 Å². The fourth-order valence-corrected chi connectivity index (χ4v) is 0.539. The Kier molecular flexibility index (Phi) is 5.33. The summed E-state index contributed by atoms with van der Waals surface area (Å²) in [6.07, 6.45) is 0.634. The molecule has 0 aliphatic rings. The topological polar surface area (TPSA) is 6.48 Å². The third-order valence-electron chi connectivity index (χ3n) is 0.978. The first-order chi connectivity index (χ1) is 4.66. The van der Waals surface area contributed by atoms with E-state index < -0.39 is 11.9 Å². The van der Waals surface area contributed by atoms with E-state index in [1.807, 2.05) is 0 Å². The van der Waals surface area contributed by atoms with Gasteiger partial charge < -0.3 is 0 Å². The molecule has 0 spiro atoms. The second-order valence-corrected chi connectivity index (χ2v) is 1.94. The van der Waals surface area contributed by atoms with E-state index in [-0.39, 0.29) is 13.1 Å². The average Bonchev–Trinajstić information content (AvgIpc) is 1.85. The minimum atomic E-state index is -1.03. The highest BCUT2D eigenvalue weighted by Crippen LogP contribution is 1.94. The maximum Gasteiger partial charge on any atom is 0.0773 e. The molecule has 10 heavy (non-hydrogen) atoms. The summed E-state index contributed by atoms with van der Waals surface area (Å²) in [4.78, 5) is 0. The number of rotatable bonds is 5. The summed E-state index contributed by atoms with van der Waals surface area (Å²) < 4.78 is 34.8. The normalized spacial score (nSPS) is 11.4. The Morgan fingerprint density at radius 3 is 2.00 bits per heavy atom.